The average Bonchev–Trinajstić information content (AvgIpc) is 3.19. The fourth-order valence-electron chi connectivity index (χ4n) is 4.37. The van der Waals surface area contributed by atoms with Crippen LogP contribution < -0.4 is 10.2 Å². The zero-order chi connectivity index (χ0) is 22.2. The van der Waals surface area contributed by atoms with Crippen molar-refractivity contribution in [3.63, 3.8) is 0 Å². The van der Waals surface area contributed by atoms with Crippen LogP contribution in [0.3, 0.4) is 0 Å². The normalized spacial score (nSPS) is 13.5. The third-order valence-electron chi connectivity index (χ3n) is 6.21. The molecule has 0 aliphatic rings. The first-order valence-corrected chi connectivity index (χ1v) is 11.5. The number of quaternary nitrogens is 1. The van der Waals surface area contributed by atoms with Gasteiger partial charge in [-0.15, -0.1) is 0 Å². The zero-order valence-corrected chi connectivity index (χ0v) is 18.9. The van der Waals surface area contributed by atoms with Gasteiger partial charge >= 0.3 is 0 Å². The number of aromatic amines is 1. The predicted molar refractivity (Wildman–Crippen MR) is 125 cm³/mol. The first kappa shape index (κ1) is 23.0. The van der Waals surface area contributed by atoms with Gasteiger partial charge in [0.15, 0.2) is 0 Å². The minimum Gasteiger partial charge on any atom is -0.361 e. The molecule has 0 spiro atoms. The molecule has 0 saturated heterocycles. The summed E-state index contributed by atoms with van der Waals surface area (Å²) in [4.78, 5) is 17.8. The van der Waals surface area contributed by atoms with E-state index < -0.39 is 0 Å². The van der Waals surface area contributed by atoms with E-state index in [2.05, 4.69) is 31.1 Å². The predicted octanol–water partition coefficient (Wildman–Crippen LogP) is 4.04. The number of carbonyl (C=O) groups excluding carboxylic acids is 1. The van der Waals surface area contributed by atoms with E-state index in [9.17, 15) is 9.18 Å². The van der Waals surface area contributed by atoms with Crippen molar-refractivity contribution >= 4 is 16.8 Å². The first-order valence-electron chi connectivity index (χ1n) is 11.5. The molecule has 4 nitrogen and oxygen atoms in total. The second kappa shape index (κ2) is 11.1. The molecule has 3 aromatic rings. The molecule has 5 heteroatoms. The minimum atomic E-state index is -0.282. The van der Waals surface area contributed by atoms with Crippen molar-refractivity contribution in [1.29, 1.82) is 0 Å². The summed E-state index contributed by atoms with van der Waals surface area (Å²) in [7, 11) is 0. The molecule has 3 N–H and O–H groups in total. The van der Waals surface area contributed by atoms with E-state index in [1.807, 2.05) is 36.5 Å². The van der Waals surface area contributed by atoms with Crippen LogP contribution in [0.25, 0.3) is 10.9 Å². The Morgan fingerprint density at radius 1 is 1.13 bits per heavy atom. The molecule has 2 aromatic carbocycles. The molecule has 31 heavy (non-hydrogen) atoms. The minimum absolute atomic E-state index is 0.00206. The van der Waals surface area contributed by atoms with Crippen molar-refractivity contribution < 1.29 is 14.1 Å². The number of carbonyl (C=O) groups is 1. The van der Waals surface area contributed by atoms with Crippen molar-refractivity contribution in [2.45, 2.75) is 52.0 Å². The van der Waals surface area contributed by atoms with E-state index in [1.54, 1.807) is 11.0 Å². The molecular formula is C26H35FN3O+. The summed E-state index contributed by atoms with van der Waals surface area (Å²) in [5.41, 5.74) is 2.86. The summed E-state index contributed by atoms with van der Waals surface area (Å²) in [6.07, 6.45) is 4.29. The maximum atomic E-state index is 14.0. The molecule has 1 heterocycles. The fraction of sp³-hybridized carbons (Fsp3) is 0.423. The Bertz CT molecular complexity index is 979. The van der Waals surface area contributed by atoms with Crippen molar-refractivity contribution in [3.8, 4) is 0 Å². The Morgan fingerprint density at radius 3 is 2.65 bits per heavy atom. The van der Waals surface area contributed by atoms with Crippen LogP contribution >= 0.6 is 0 Å². The first-order chi connectivity index (χ1) is 15.0. The van der Waals surface area contributed by atoms with E-state index in [4.69, 9.17) is 0 Å². The van der Waals surface area contributed by atoms with E-state index in [0.717, 1.165) is 54.5 Å². The van der Waals surface area contributed by atoms with Crippen LogP contribution in [-0.4, -0.2) is 36.6 Å². The molecule has 0 bridgehead atoms. The van der Waals surface area contributed by atoms with Gasteiger partial charge in [0, 0.05) is 35.5 Å². The van der Waals surface area contributed by atoms with E-state index in [-0.39, 0.29) is 30.1 Å². The van der Waals surface area contributed by atoms with Crippen molar-refractivity contribution in [1.82, 2.24) is 10.3 Å². The van der Waals surface area contributed by atoms with Crippen LogP contribution in [0.15, 0.2) is 54.7 Å². The van der Waals surface area contributed by atoms with E-state index in [1.165, 1.54) is 12.1 Å². The number of benzene rings is 2. The summed E-state index contributed by atoms with van der Waals surface area (Å²) >= 11 is 0. The largest absolute Gasteiger partial charge is 0.361 e. The van der Waals surface area contributed by atoms with Crippen LogP contribution in [0.4, 0.5) is 4.39 Å². The highest BCUT2D eigenvalue weighted by atomic mass is 19.1. The molecule has 0 aliphatic heterocycles. The van der Waals surface area contributed by atoms with Crippen molar-refractivity contribution in [2.75, 3.05) is 19.6 Å². The number of hydrogen-bond acceptors (Lipinski definition) is 1. The van der Waals surface area contributed by atoms with E-state index in [0.29, 0.717) is 0 Å². The Labute approximate surface area is 184 Å². The molecule has 0 unspecified atom stereocenters. The van der Waals surface area contributed by atoms with Gasteiger partial charge in [-0.25, -0.2) is 4.39 Å². The Kier molecular flexibility index (Phi) is 8.24. The summed E-state index contributed by atoms with van der Waals surface area (Å²) in [6, 6.07) is 14.7. The summed E-state index contributed by atoms with van der Waals surface area (Å²) < 4.78 is 14.0. The Morgan fingerprint density at radius 2 is 1.90 bits per heavy atom. The van der Waals surface area contributed by atoms with Crippen LogP contribution in [0.5, 0.6) is 0 Å². The molecule has 0 fully saturated rings. The topological polar surface area (TPSA) is 49.3 Å². The monoisotopic (exact) mass is 424 g/mol. The van der Waals surface area contributed by atoms with Crippen LogP contribution in [-0.2, 0) is 4.79 Å². The third kappa shape index (κ3) is 6.17. The van der Waals surface area contributed by atoms with Gasteiger partial charge in [-0.1, -0.05) is 30.3 Å². The van der Waals surface area contributed by atoms with Gasteiger partial charge < -0.3 is 15.2 Å². The summed E-state index contributed by atoms with van der Waals surface area (Å²) in [5, 5.41) is 4.23. The van der Waals surface area contributed by atoms with E-state index >= 15 is 0 Å². The second-order valence-electron chi connectivity index (χ2n) is 8.42. The second-order valence-corrected chi connectivity index (χ2v) is 8.42. The number of para-hydroxylation sites is 1. The molecule has 3 rings (SSSR count). The number of nitrogens with one attached hydrogen (secondary N) is 3. The molecule has 1 aromatic heterocycles. The molecule has 2 atom stereocenters. The smallest absolute Gasteiger partial charge is 0.221 e. The van der Waals surface area contributed by atoms with Gasteiger partial charge in [-0.2, -0.15) is 0 Å². The lowest BCUT2D eigenvalue weighted by Crippen LogP contribution is -3.11. The van der Waals surface area contributed by atoms with Gasteiger partial charge in [0.2, 0.25) is 5.91 Å². The van der Waals surface area contributed by atoms with Crippen LogP contribution in [0, 0.1) is 5.82 Å². The number of rotatable bonds is 11. The van der Waals surface area contributed by atoms with Crippen molar-refractivity contribution in [3.05, 3.63) is 71.7 Å². The number of hydrogen-bond donors (Lipinski definition) is 3. The van der Waals surface area contributed by atoms with Gasteiger partial charge in [-0.3, -0.25) is 4.79 Å². The molecule has 0 radical (unpaired) electrons. The lowest BCUT2D eigenvalue weighted by molar-refractivity contribution is -0.896. The molecule has 0 saturated carbocycles. The number of H-pyrrole nitrogens is 1. The van der Waals surface area contributed by atoms with Gasteiger partial charge in [-0.05, 0) is 62.9 Å². The van der Waals surface area contributed by atoms with Crippen molar-refractivity contribution in [2.24, 2.45) is 0 Å². The van der Waals surface area contributed by atoms with Gasteiger partial charge in [0.05, 0.1) is 19.6 Å². The molecule has 1 amide bonds. The van der Waals surface area contributed by atoms with Crippen LogP contribution in [0.2, 0.25) is 0 Å². The number of halogens is 1. The summed E-state index contributed by atoms with van der Waals surface area (Å²) in [6.45, 7) is 9.89. The molecular weight excluding hydrogens is 389 g/mol. The Hall–Kier alpha value is -2.66. The van der Waals surface area contributed by atoms with Gasteiger partial charge in [0.25, 0.3) is 0 Å². The maximum Gasteiger partial charge on any atom is 0.221 e. The lowest BCUT2D eigenvalue weighted by atomic mass is 9.88. The van der Waals surface area contributed by atoms with Gasteiger partial charge in [0.1, 0.15) is 5.82 Å². The highest BCUT2D eigenvalue weighted by Crippen LogP contribution is 2.33. The lowest BCUT2D eigenvalue weighted by Gasteiger charge is -2.20. The quantitative estimate of drug-likeness (QED) is 0.428. The number of aromatic nitrogens is 1. The zero-order valence-electron chi connectivity index (χ0n) is 18.9. The standard InChI is InChI=1S/C26H34FN3O/c1-4-30(5-2)15-9-10-19(3)29-26(31)17-23(20-11-8-12-21(27)16-20)24-18-28-25-14-7-6-13-22(24)25/h6-8,11-14,16,18-19,23,28H,4-5,9-10,15,17H2,1-3H3,(H,29,31)/p+1/t19-,23-/m0/s1. The molecule has 166 valence electrons. The average molecular weight is 425 g/mol. The number of amides is 1. The fourth-order valence-corrected chi connectivity index (χ4v) is 4.37. The third-order valence-corrected chi connectivity index (χ3v) is 6.21. The SMILES string of the molecule is CC[NH+](CC)CCC[C@H](C)NC(=O)C[C@@H](c1cccc(F)c1)c1c[nH]c2ccccc12. The summed E-state index contributed by atoms with van der Waals surface area (Å²) in [5.74, 6) is -0.489. The molecule has 0 aliphatic carbocycles. The highest BCUT2D eigenvalue weighted by molar-refractivity contribution is 5.86. The highest BCUT2D eigenvalue weighted by Gasteiger charge is 2.22. The maximum absolute atomic E-state index is 14.0. The Balaban J connectivity index is 1.71. The van der Waals surface area contributed by atoms with Crippen LogP contribution in [0.1, 0.15) is 57.1 Å². The number of fused-ring (bicyclic) bond motifs is 1.